The Bertz CT molecular complexity index is 1620. The summed E-state index contributed by atoms with van der Waals surface area (Å²) in [5, 5.41) is 0. The third-order valence-corrected chi connectivity index (χ3v) is 7.37. The van der Waals surface area contributed by atoms with E-state index in [-0.39, 0.29) is 28.1 Å². The number of aromatic nitrogens is 2. The fourth-order valence-electron chi connectivity index (χ4n) is 4.73. The van der Waals surface area contributed by atoms with Crippen molar-refractivity contribution in [1.82, 2.24) is 9.55 Å². The Labute approximate surface area is 210 Å². The summed E-state index contributed by atoms with van der Waals surface area (Å²) in [6.45, 7) is -1.78. The number of sulfone groups is 1. The zero-order chi connectivity index (χ0) is 26.5. The van der Waals surface area contributed by atoms with Crippen molar-refractivity contribution in [2.75, 3.05) is 6.26 Å². The van der Waals surface area contributed by atoms with Crippen LogP contribution in [0.4, 0.5) is 13.2 Å². The SMILES string of the molecule is CC(=O)OC1CC(c2ccccc2OC(F)F)n2c1nc1cc(F)c(-c3ccc(S(C)(=O)=O)cc3)cc12. The van der Waals surface area contributed by atoms with Gasteiger partial charge >= 0.3 is 12.6 Å². The predicted octanol–water partition coefficient (Wildman–Crippen LogP) is 5.44. The molecule has 37 heavy (non-hydrogen) atoms. The number of imidazole rings is 1. The number of benzene rings is 3. The van der Waals surface area contributed by atoms with Crippen molar-refractivity contribution in [2.24, 2.45) is 0 Å². The summed E-state index contributed by atoms with van der Waals surface area (Å²) in [4.78, 5) is 16.4. The minimum Gasteiger partial charge on any atom is -0.454 e. The van der Waals surface area contributed by atoms with Crippen LogP contribution in [0.25, 0.3) is 22.2 Å². The number of carbonyl (C=O) groups is 1. The average Bonchev–Trinajstić information content (AvgIpc) is 3.35. The number of nitrogens with zero attached hydrogens (tertiary/aromatic N) is 2. The molecular formula is C26H21F3N2O5S. The second-order valence-electron chi connectivity index (χ2n) is 8.72. The van der Waals surface area contributed by atoms with Gasteiger partial charge in [-0.05, 0) is 29.8 Å². The van der Waals surface area contributed by atoms with Crippen molar-refractivity contribution in [3.8, 4) is 16.9 Å². The smallest absolute Gasteiger partial charge is 0.387 e. The lowest BCUT2D eigenvalue weighted by atomic mass is 10.0. The highest BCUT2D eigenvalue weighted by atomic mass is 32.2. The highest BCUT2D eigenvalue weighted by molar-refractivity contribution is 7.90. The van der Waals surface area contributed by atoms with E-state index in [1.54, 1.807) is 28.8 Å². The maximum atomic E-state index is 15.2. The molecule has 2 atom stereocenters. The highest BCUT2D eigenvalue weighted by Crippen LogP contribution is 2.46. The molecule has 1 aromatic heterocycles. The van der Waals surface area contributed by atoms with E-state index >= 15 is 4.39 Å². The molecule has 1 aliphatic heterocycles. The van der Waals surface area contributed by atoms with Crippen LogP contribution in [0.5, 0.6) is 5.75 Å². The molecule has 7 nitrogen and oxygen atoms in total. The first-order chi connectivity index (χ1) is 17.5. The molecule has 0 N–H and O–H groups in total. The molecule has 0 fully saturated rings. The van der Waals surface area contributed by atoms with Gasteiger partial charge in [0.25, 0.3) is 0 Å². The van der Waals surface area contributed by atoms with Gasteiger partial charge in [0.2, 0.25) is 0 Å². The van der Waals surface area contributed by atoms with Gasteiger partial charge in [0.1, 0.15) is 11.6 Å². The molecule has 11 heteroatoms. The van der Waals surface area contributed by atoms with E-state index < -0.39 is 40.4 Å². The van der Waals surface area contributed by atoms with Gasteiger partial charge in [0.05, 0.1) is 22.0 Å². The van der Waals surface area contributed by atoms with Crippen LogP contribution in [-0.2, 0) is 19.4 Å². The number of ether oxygens (including phenoxy) is 2. The van der Waals surface area contributed by atoms with Gasteiger partial charge < -0.3 is 14.0 Å². The number of alkyl halides is 2. The maximum absolute atomic E-state index is 15.2. The minimum atomic E-state index is -3.43. The van der Waals surface area contributed by atoms with Crippen LogP contribution in [0.15, 0.2) is 65.6 Å². The Morgan fingerprint density at radius 3 is 2.46 bits per heavy atom. The van der Waals surface area contributed by atoms with Crippen LogP contribution in [0.3, 0.4) is 0 Å². The summed E-state index contributed by atoms with van der Waals surface area (Å²) in [7, 11) is -3.43. The number of para-hydroxylation sites is 1. The normalized spacial score (nSPS) is 17.2. The first-order valence-corrected chi connectivity index (χ1v) is 13.1. The van der Waals surface area contributed by atoms with Crippen molar-refractivity contribution < 1.29 is 35.9 Å². The lowest BCUT2D eigenvalue weighted by Gasteiger charge is -2.19. The zero-order valence-electron chi connectivity index (χ0n) is 19.7. The third kappa shape index (κ3) is 4.66. The zero-order valence-corrected chi connectivity index (χ0v) is 20.5. The van der Waals surface area contributed by atoms with Crippen LogP contribution in [0.2, 0.25) is 0 Å². The number of hydrogen-bond donors (Lipinski definition) is 0. The van der Waals surface area contributed by atoms with Gasteiger partial charge in [0, 0.05) is 36.8 Å². The summed E-state index contributed by atoms with van der Waals surface area (Å²) in [6.07, 6.45) is 0.520. The Kier molecular flexibility index (Phi) is 6.18. The lowest BCUT2D eigenvalue weighted by molar-refractivity contribution is -0.146. The standard InChI is InChI=1S/C26H21F3N2O5S/c1-14(32)35-24-13-21(17-5-3-4-6-23(17)36-26(28)29)31-22-11-18(19(27)12-20(22)30-25(24)31)15-7-9-16(10-8-15)37(2,33)34/h3-12,21,24,26H,13H2,1-2H3. The van der Waals surface area contributed by atoms with Crippen molar-refractivity contribution in [1.29, 1.82) is 0 Å². The Balaban J connectivity index is 1.68. The van der Waals surface area contributed by atoms with Crippen molar-refractivity contribution in [2.45, 2.75) is 37.0 Å². The van der Waals surface area contributed by atoms with Crippen molar-refractivity contribution in [3.05, 3.63) is 77.9 Å². The van der Waals surface area contributed by atoms with Crippen molar-refractivity contribution in [3.63, 3.8) is 0 Å². The van der Waals surface area contributed by atoms with Crippen LogP contribution in [0, 0.1) is 5.82 Å². The molecule has 0 saturated carbocycles. The van der Waals surface area contributed by atoms with E-state index in [0.717, 1.165) is 6.26 Å². The number of halogens is 3. The average molecular weight is 531 g/mol. The van der Waals surface area contributed by atoms with E-state index in [1.807, 2.05) is 0 Å². The molecule has 2 unspecified atom stereocenters. The summed E-state index contributed by atoms with van der Waals surface area (Å²) < 4.78 is 77.0. The molecule has 1 aliphatic rings. The number of rotatable bonds is 6. The van der Waals surface area contributed by atoms with E-state index in [1.165, 1.54) is 43.3 Å². The molecule has 0 saturated heterocycles. The molecule has 5 rings (SSSR count). The molecule has 4 aromatic rings. The summed E-state index contributed by atoms with van der Waals surface area (Å²) >= 11 is 0. The fourth-order valence-corrected chi connectivity index (χ4v) is 5.36. The van der Waals surface area contributed by atoms with Crippen molar-refractivity contribution >= 4 is 26.8 Å². The summed E-state index contributed by atoms with van der Waals surface area (Å²) in [5.74, 6) is -0.805. The fraction of sp³-hybridized carbons (Fsp3) is 0.231. The number of hydrogen-bond acceptors (Lipinski definition) is 6. The lowest BCUT2D eigenvalue weighted by Crippen LogP contribution is -2.11. The molecule has 192 valence electrons. The van der Waals surface area contributed by atoms with E-state index in [0.29, 0.717) is 22.5 Å². The van der Waals surface area contributed by atoms with E-state index in [2.05, 4.69) is 4.98 Å². The number of carbonyl (C=O) groups excluding carboxylic acids is 1. The molecule has 0 spiro atoms. The van der Waals surface area contributed by atoms with E-state index in [9.17, 15) is 22.0 Å². The van der Waals surface area contributed by atoms with Gasteiger partial charge in [-0.3, -0.25) is 4.79 Å². The molecule has 0 aliphatic carbocycles. The predicted molar refractivity (Wildman–Crippen MR) is 129 cm³/mol. The number of esters is 1. The first-order valence-electron chi connectivity index (χ1n) is 11.3. The first kappa shape index (κ1) is 24.8. The van der Waals surface area contributed by atoms with Gasteiger partial charge in [-0.2, -0.15) is 8.78 Å². The third-order valence-electron chi connectivity index (χ3n) is 6.24. The van der Waals surface area contributed by atoms with Gasteiger partial charge in [-0.15, -0.1) is 0 Å². The summed E-state index contributed by atoms with van der Waals surface area (Å²) in [5.41, 5.74) is 1.85. The van der Waals surface area contributed by atoms with Crippen LogP contribution in [-0.4, -0.2) is 36.8 Å². The Morgan fingerprint density at radius 2 is 1.81 bits per heavy atom. The van der Waals surface area contributed by atoms with Gasteiger partial charge in [0.15, 0.2) is 21.8 Å². The topological polar surface area (TPSA) is 87.5 Å². The summed E-state index contributed by atoms with van der Waals surface area (Å²) in [6, 6.07) is 14.3. The Hall–Kier alpha value is -3.86. The molecule has 3 aromatic carbocycles. The van der Waals surface area contributed by atoms with Crippen LogP contribution < -0.4 is 4.74 Å². The maximum Gasteiger partial charge on any atom is 0.387 e. The van der Waals surface area contributed by atoms with Gasteiger partial charge in [-0.25, -0.2) is 17.8 Å². The molecule has 0 radical (unpaired) electrons. The molecule has 2 heterocycles. The quantitative estimate of drug-likeness (QED) is 0.309. The molecule has 0 bridgehead atoms. The second kappa shape index (κ2) is 9.22. The molecule has 0 amide bonds. The largest absolute Gasteiger partial charge is 0.454 e. The monoisotopic (exact) mass is 530 g/mol. The Morgan fingerprint density at radius 1 is 1.11 bits per heavy atom. The van der Waals surface area contributed by atoms with Crippen LogP contribution >= 0.6 is 0 Å². The van der Waals surface area contributed by atoms with E-state index in [4.69, 9.17) is 9.47 Å². The molecular weight excluding hydrogens is 509 g/mol. The second-order valence-corrected chi connectivity index (χ2v) is 10.7. The van der Waals surface area contributed by atoms with Crippen LogP contribution in [0.1, 0.15) is 36.9 Å². The van der Waals surface area contributed by atoms with Gasteiger partial charge in [-0.1, -0.05) is 30.3 Å². The highest BCUT2D eigenvalue weighted by Gasteiger charge is 2.38. The minimum absolute atomic E-state index is 0.0301. The number of fused-ring (bicyclic) bond motifs is 3.